The summed E-state index contributed by atoms with van der Waals surface area (Å²) in [6.45, 7) is 2.65. The van der Waals surface area contributed by atoms with Crippen LogP contribution in [0.15, 0.2) is 11.5 Å². The van der Waals surface area contributed by atoms with E-state index in [2.05, 4.69) is 0 Å². The lowest BCUT2D eigenvalue weighted by molar-refractivity contribution is -0.186. The fourth-order valence-corrected chi connectivity index (χ4v) is 1.79. The van der Waals surface area contributed by atoms with Gasteiger partial charge in [-0.3, -0.25) is 4.79 Å². The predicted octanol–water partition coefficient (Wildman–Crippen LogP) is 1.10. The van der Waals surface area contributed by atoms with E-state index >= 15 is 0 Å². The lowest BCUT2D eigenvalue weighted by atomic mass is 9.95. The molecule has 0 saturated carbocycles. The lowest BCUT2D eigenvalue weighted by Gasteiger charge is -2.34. The van der Waals surface area contributed by atoms with E-state index in [9.17, 15) is 9.90 Å². The van der Waals surface area contributed by atoms with E-state index in [1.807, 2.05) is 0 Å². The van der Waals surface area contributed by atoms with Crippen LogP contribution in [0.3, 0.4) is 0 Å². The maximum Gasteiger partial charge on any atom is 0.306 e. The highest BCUT2D eigenvalue weighted by molar-refractivity contribution is 5.66. The molecule has 0 radical (unpaired) electrons. The molecule has 0 aliphatic carbocycles. The van der Waals surface area contributed by atoms with Crippen molar-refractivity contribution in [2.45, 2.75) is 26.1 Å². The van der Waals surface area contributed by atoms with Gasteiger partial charge in [-0.15, -0.1) is 0 Å². The number of allylic oxidation sites excluding steroid dienone is 1. The number of rotatable bonds is 2. The fraction of sp³-hybridized carbons (Fsp3) is 0.700. The van der Waals surface area contributed by atoms with Crippen molar-refractivity contribution in [3.05, 3.63) is 11.5 Å². The summed E-state index contributed by atoms with van der Waals surface area (Å²) in [7, 11) is 0. The van der Waals surface area contributed by atoms with Crippen LogP contribution in [-0.4, -0.2) is 30.6 Å². The van der Waals surface area contributed by atoms with Crippen LogP contribution in [0.25, 0.3) is 0 Å². The van der Waals surface area contributed by atoms with Crippen molar-refractivity contribution >= 4 is 5.97 Å². The fourth-order valence-electron chi connectivity index (χ4n) is 1.79. The Morgan fingerprint density at radius 2 is 2.13 bits per heavy atom. The van der Waals surface area contributed by atoms with Crippen molar-refractivity contribution in [2.24, 2.45) is 5.92 Å². The standard InChI is InChI=1S/C10H14O5/c1-6(11)14-10-8(12)9(15-10)7-2-4-13-5-3-7/h7,10,12H,2-5H2,1H3. The lowest BCUT2D eigenvalue weighted by Crippen LogP contribution is -2.36. The molecule has 15 heavy (non-hydrogen) atoms. The molecule has 2 aliphatic rings. The molecule has 2 rings (SSSR count). The van der Waals surface area contributed by atoms with Gasteiger partial charge < -0.3 is 19.3 Å². The molecule has 0 spiro atoms. The summed E-state index contributed by atoms with van der Waals surface area (Å²) in [5.74, 6) is 0.352. The second-order valence-electron chi connectivity index (χ2n) is 3.70. The molecule has 0 aromatic heterocycles. The topological polar surface area (TPSA) is 65.0 Å². The third kappa shape index (κ3) is 2.07. The quantitative estimate of drug-likeness (QED) is 0.697. The molecule has 0 bridgehead atoms. The van der Waals surface area contributed by atoms with E-state index in [0.717, 1.165) is 12.8 Å². The van der Waals surface area contributed by atoms with Crippen LogP contribution in [0.2, 0.25) is 0 Å². The van der Waals surface area contributed by atoms with E-state index in [1.165, 1.54) is 6.92 Å². The summed E-state index contributed by atoms with van der Waals surface area (Å²) < 4.78 is 15.2. The monoisotopic (exact) mass is 214 g/mol. The van der Waals surface area contributed by atoms with Gasteiger partial charge in [-0.25, -0.2) is 0 Å². The van der Waals surface area contributed by atoms with Crippen molar-refractivity contribution in [1.29, 1.82) is 0 Å². The molecule has 1 saturated heterocycles. The summed E-state index contributed by atoms with van der Waals surface area (Å²) in [5, 5.41) is 9.61. The van der Waals surface area contributed by atoms with E-state index in [1.54, 1.807) is 0 Å². The highest BCUT2D eigenvalue weighted by Gasteiger charge is 2.39. The summed E-state index contributed by atoms with van der Waals surface area (Å²) in [4.78, 5) is 10.6. The number of esters is 1. The minimum absolute atomic E-state index is 0.0529. The first-order chi connectivity index (χ1) is 7.18. The first-order valence-electron chi connectivity index (χ1n) is 5.03. The van der Waals surface area contributed by atoms with Gasteiger partial charge in [-0.05, 0) is 12.8 Å². The van der Waals surface area contributed by atoms with Gasteiger partial charge >= 0.3 is 12.3 Å². The molecule has 1 fully saturated rings. The summed E-state index contributed by atoms with van der Waals surface area (Å²) in [5.41, 5.74) is 0. The van der Waals surface area contributed by atoms with Gasteiger partial charge in [0, 0.05) is 26.1 Å². The van der Waals surface area contributed by atoms with Gasteiger partial charge in [0.2, 0.25) is 5.76 Å². The summed E-state index contributed by atoms with van der Waals surface area (Å²) in [6.07, 6.45) is 0.790. The Labute approximate surface area is 87.6 Å². The maximum absolute atomic E-state index is 10.6. The number of hydrogen-bond donors (Lipinski definition) is 1. The summed E-state index contributed by atoms with van der Waals surface area (Å²) >= 11 is 0. The molecule has 0 amide bonds. The first kappa shape index (κ1) is 10.3. The van der Waals surface area contributed by atoms with E-state index in [4.69, 9.17) is 14.2 Å². The molecule has 84 valence electrons. The number of carbonyl (C=O) groups is 1. The molecule has 2 aliphatic heterocycles. The summed E-state index contributed by atoms with van der Waals surface area (Å²) in [6, 6.07) is 0. The van der Waals surface area contributed by atoms with Gasteiger partial charge in [0.25, 0.3) is 0 Å². The van der Waals surface area contributed by atoms with Gasteiger partial charge in [-0.2, -0.15) is 0 Å². The first-order valence-corrected chi connectivity index (χ1v) is 5.03. The van der Waals surface area contributed by atoms with Crippen LogP contribution in [0.5, 0.6) is 0 Å². The Morgan fingerprint density at radius 3 is 2.67 bits per heavy atom. The normalized spacial score (nSPS) is 26.9. The van der Waals surface area contributed by atoms with Crippen LogP contribution in [0.4, 0.5) is 0 Å². The van der Waals surface area contributed by atoms with E-state index in [-0.39, 0.29) is 11.7 Å². The highest BCUT2D eigenvalue weighted by atomic mass is 16.7. The second kappa shape index (κ2) is 4.10. The number of hydrogen-bond acceptors (Lipinski definition) is 5. The third-order valence-corrected chi connectivity index (χ3v) is 2.57. The van der Waals surface area contributed by atoms with Crippen LogP contribution < -0.4 is 0 Å². The number of aliphatic hydroxyl groups is 1. The van der Waals surface area contributed by atoms with Crippen molar-refractivity contribution in [3.8, 4) is 0 Å². The molecular formula is C10H14O5. The Morgan fingerprint density at radius 1 is 1.47 bits per heavy atom. The van der Waals surface area contributed by atoms with Crippen LogP contribution >= 0.6 is 0 Å². The average Bonchev–Trinajstić information content (AvgIpc) is 2.24. The van der Waals surface area contributed by atoms with Gasteiger partial charge in [-0.1, -0.05) is 0 Å². The average molecular weight is 214 g/mol. The zero-order valence-electron chi connectivity index (χ0n) is 8.56. The van der Waals surface area contributed by atoms with Gasteiger partial charge in [0.15, 0.2) is 0 Å². The number of ether oxygens (including phenoxy) is 3. The zero-order valence-corrected chi connectivity index (χ0v) is 8.56. The maximum atomic E-state index is 10.6. The Kier molecular flexibility index (Phi) is 2.81. The number of carbonyl (C=O) groups excluding carboxylic acids is 1. The number of aliphatic hydroxyl groups excluding tert-OH is 1. The smallest absolute Gasteiger partial charge is 0.306 e. The Bertz CT molecular complexity index is 290. The molecule has 2 heterocycles. The molecular weight excluding hydrogens is 200 g/mol. The minimum Gasteiger partial charge on any atom is -0.503 e. The van der Waals surface area contributed by atoms with E-state index in [0.29, 0.717) is 19.0 Å². The SMILES string of the molecule is CC(=O)OC1OC(C2CCOCC2)=C1O. The predicted molar refractivity (Wildman–Crippen MR) is 49.8 cm³/mol. The highest BCUT2D eigenvalue weighted by Crippen LogP contribution is 2.36. The largest absolute Gasteiger partial charge is 0.503 e. The van der Waals surface area contributed by atoms with Gasteiger partial charge in [0.05, 0.1) is 0 Å². The Hall–Kier alpha value is -1.23. The third-order valence-electron chi connectivity index (χ3n) is 2.57. The van der Waals surface area contributed by atoms with Crippen molar-refractivity contribution in [1.82, 2.24) is 0 Å². The zero-order chi connectivity index (χ0) is 10.8. The van der Waals surface area contributed by atoms with Crippen molar-refractivity contribution < 1.29 is 24.1 Å². The minimum atomic E-state index is -0.889. The Balaban J connectivity index is 1.94. The van der Waals surface area contributed by atoms with Gasteiger partial charge in [0.1, 0.15) is 5.76 Å². The molecule has 5 heteroatoms. The molecule has 1 unspecified atom stereocenters. The molecule has 1 N–H and O–H groups in total. The molecule has 1 atom stereocenters. The van der Waals surface area contributed by atoms with Crippen LogP contribution in [0, 0.1) is 5.92 Å². The second-order valence-corrected chi connectivity index (χ2v) is 3.70. The van der Waals surface area contributed by atoms with Crippen LogP contribution in [-0.2, 0) is 19.0 Å². The van der Waals surface area contributed by atoms with E-state index < -0.39 is 12.3 Å². The molecule has 5 nitrogen and oxygen atoms in total. The van der Waals surface area contributed by atoms with Crippen molar-refractivity contribution in [3.63, 3.8) is 0 Å². The molecule has 0 aromatic rings. The van der Waals surface area contributed by atoms with Crippen molar-refractivity contribution in [2.75, 3.05) is 13.2 Å². The molecule has 0 aromatic carbocycles. The van der Waals surface area contributed by atoms with Crippen LogP contribution in [0.1, 0.15) is 19.8 Å².